The summed E-state index contributed by atoms with van der Waals surface area (Å²) >= 11 is 7.12. The molecular formula is C16H24Br2N2O. The lowest BCUT2D eigenvalue weighted by atomic mass is 10.0. The summed E-state index contributed by atoms with van der Waals surface area (Å²) in [5.74, 6) is 0.848. The normalized spacial score (nSPS) is 20.7. The van der Waals surface area contributed by atoms with Crippen molar-refractivity contribution in [3.05, 3.63) is 21.1 Å². The van der Waals surface area contributed by atoms with Crippen molar-refractivity contribution in [2.75, 3.05) is 19.0 Å². The molecule has 1 aliphatic rings. The molecule has 0 spiro atoms. The third-order valence-corrected chi connectivity index (χ3v) is 5.22. The molecule has 1 heterocycles. The predicted octanol–water partition coefficient (Wildman–Crippen LogP) is 4.94. The van der Waals surface area contributed by atoms with Gasteiger partial charge in [0.25, 0.3) is 0 Å². The first kappa shape index (κ1) is 17.1. The minimum absolute atomic E-state index is 0.419. The second kappa shape index (κ2) is 8.39. The molecule has 0 aliphatic carbocycles. The Morgan fingerprint density at radius 3 is 2.86 bits per heavy atom. The second-order valence-electron chi connectivity index (χ2n) is 5.75. The van der Waals surface area contributed by atoms with Gasteiger partial charge in [-0.2, -0.15) is 0 Å². The van der Waals surface area contributed by atoms with E-state index in [2.05, 4.69) is 49.4 Å². The Hall–Kier alpha value is -0.260. The SMILES string of the molecule is COc1cc(NC(C)CC2CCCCCN2)c(Br)cc1Br. The lowest BCUT2D eigenvalue weighted by Gasteiger charge is -2.23. The van der Waals surface area contributed by atoms with Crippen LogP contribution in [0.25, 0.3) is 0 Å². The van der Waals surface area contributed by atoms with Crippen LogP contribution in [0.2, 0.25) is 0 Å². The third-order valence-electron chi connectivity index (χ3n) is 3.94. The number of methoxy groups -OCH3 is 1. The summed E-state index contributed by atoms with van der Waals surface area (Å²) < 4.78 is 7.38. The number of hydrogen-bond donors (Lipinski definition) is 2. The van der Waals surface area contributed by atoms with Gasteiger partial charge in [-0.05, 0) is 70.7 Å². The standard InChI is InChI=1S/C16H24Br2N2O/c1-11(8-12-6-4-3-5-7-19-12)20-15-10-16(21-2)14(18)9-13(15)17/h9-12,19-20H,3-8H2,1-2H3. The van der Waals surface area contributed by atoms with Gasteiger partial charge in [-0.1, -0.05) is 12.8 Å². The van der Waals surface area contributed by atoms with Crippen LogP contribution in [0.3, 0.4) is 0 Å². The third kappa shape index (κ3) is 5.15. The molecule has 1 fully saturated rings. The molecule has 1 saturated heterocycles. The van der Waals surface area contributed by atoms with Gasteiger partial charge in [0.1, 0.15) is 5.75 Å². The number of halogens is 2. The topological polar surface area (TPSA) is 33.3 Å². The predicted molar refractivity (Wildman–Crippen MR) is 96.4 cm³/mol. The number of rotatable bonds is 5. The lowest BCUT2D eigenvalue weighted by Crippen LogP contribution is -2.33. The van der Waals surface area contributed by atoms with E-state index in [0.717, 1.165) is 33.3 Å². The van der Waals surface area contributed by atoms with Crippen LogP contribution in [0, 0.1) is 0 Å². The van der Waals surface area contributed by atoms with Gasteiger partial charge in [-0.15, -0.1) is 0 Å². The zero-order valence-corrected chi connectivity index (χ0v) is 15.9. The zero-order chi connectivity index (χ0) is 15.2. The van der Waals surface area contributed by atoms with Gasteiger partial charge in [0.15, 0.2) is 0 Å². The van der Waals surface area contributed by atoms with Crippen molar-refractivity contribution >= 4 is 37.5 Å². The first-order chi connectivity index (χ1) is 10.1. The maximum Gasteiger partial charge on any atom is 0.135 e. The van der Waals surface area contributed by atoms with Crippen LogP contribution >= 0.6 is 31.9 Å². The molecule has 2 rings (SSSR count). The Balaban J connectivity index is 1.96. The highest BCUT2D eigenvalue weighted by atomic mass is 79.9. The summed E-state index contributed by atoms with van der Waals surface area (Å²) in [5, 5.41) is 7.25. The van der Waals surface area contributed by atoms with Crippen molar-refractivity contribution in [1.29, 1.82) is 0 Å². The van der Waals surface area contributed by atoms with Gasteiger partial charge in [-0.25, -0.2) is 0 Å². The molecule has 0 amide bonds. The number of nitrogens with one attached hydrogen (secondary N) is 2. The molecule has 2 N–H and O–H groups in total. The molecule has 0 aromatic heterocycles. The number of hydrogen-bond acceptors (Lipinski definition) is 3. The molecule has 2 unspecified atom stereocenters. The Morgan fingerprint density at radius 2 is 2.10 bits per heavy atom. The molecule has 118 valence electrons. The smallest absolute Gasteiger partial charge is 0.135 e. The van der Waals surface area contributed by atoms with E-state index in [1.54, 1.807) is 7.11 Å². The summed E-state index contributed by atoms with van der Waals surface area (Å²) in [6.45, 7) is 3.40. The number of benzene rings is 1. The quantitative estimate of drug-likeness (QED) is 0.708. The summed E-state index contributed by atoms with van der Waals surface area (Å²) in [7, 11) is 1.69. The molecule has 0 bridgehead atoms. The Kier molecular flexibility index (Phi) is 6.83. The minimum atomic E-state index is 0.419. The van der Waals surface area contributed by atoms with Crippen molar-refractivity contribution < 1.29 is 4.74 Å². The average molecular weight is 420 g/mol. The molecule has 5 heteroatoms. The van der Waals surface area contributed by atoms with Crippen molar-refractivity contribution in [2.24, 2.45) is 0 Å². The number of anilines is 1. The summed E-state index contributed by atoms with van der Waals surface area (Å²) in [5.41, 5.74) is 1.08. The molecule has 1 aromatic carbocycles. The van der Waals surface area contributed by atoms with Gasteiger partial charge >= 0.3 is 0 Å². The highest BCUT2D eigenvalue weighted by Gasteiger charge is 2.16. The molecule has 2 atom stereocenters. The largest absolute Gasteiger partial charge is 0.495 e. The van der Waals surface area contributed by atoms with Gasteiger partial charge in [0.2, 0.25) is 0 Å². The molecule has 1 aromatic rings. The van der Waals surface area contributed by atoms with Crippen LogP contribution < -0.4 is 15.4 Å². The fourth-order valence-electron chi connectivity index (χ4n) is 2.85. The maximum absolute atomic E-state index is 5.37. The van der Waals surface area contributed by atoms with Crippen LogP contribution in [0.1, 0.15) is 39.0 Å². The molecule has 3 nitrogen and oxygen atoms in total. The molecular weight excluding hydrogens is 396 g/mol. The van der Waals surface area contributed by atoms with E-state index in [1.807, 2.05) is 12.1 Å². The van der Waals surface area contributed by atoms with Gasteiger partial charge in [-0.3, -0.25) is 0 Å². The Bertz CT molecular complexity index is 460. The highest BCUT2D eigenvalue weighted by Crippen LogP contribution is 2.35. The zero-order valence-electron chi connectivity index (χ0n) is 12.7. The maximum atomic E-state index is 5.37. The van der Waals surface area contributed by atoms with E-state index < -0.39 is 0 Å². The lowest BCUT2D eigenvalue weighted by molar-refractivity contribution is 0.412. The fraction of sp³-hybridized carbons (Fsp3) is 0.625. The van der Waals surface area contributed by atoms with E-state index in [0.29, 0.717) is 12.1 Å². The van der Waals surface area contributed by atoms with Crippen LogP contribution in [-0.2, 0) is 0 Å². The van der Waals surface area contributed by atoms with Gasteiger partial charge in [0.05, 0.1) is 17.3 Å². The molecule has 1 aliphatic heterocycles. The minimum Gasteiger partial charge on any atom is -0.495 e. The summed E-state index contributed by atoms with van der Waals surface area (Å²) in [6.07, 6.45) is 6.45. The first-order valence-corrected chi connectivity index (χ1v) is 9.21. The molecule has 0 saturated carbocycles. The summed E-state index contributed by atoms with van der Waals surface area (Å²) in [6, 6.07) is 5.11. The molecule has 21 heavy (non-hydrogen) atoms. The van der Waals surface area contributed by atoms with Crippen LogP contribution in [0.5, 0.6) is 5.75 Å². The fourth-order valence-corrected chi connectivity index (χ4v) is 4.12. The average Bonchev–Trinajstić information content (AvgIpc) is 2.70. The van der Waals surface area contributed by atoms with Crippen LogP contribution in [0.15, 0.2) is 21.1 Å². The van der Waals surface area contributed by atoms with Gasteiger partial charge < -0.3 is 15.4 Å². The Labute approximate surface area is 144 Å². The van der Waals surface area contributed by atoms with Crippen molar-refractivity contribution in [2.45, 2.75) is 51.1 Å². The Morgan fingerprint density at radius 1 is 1.29 bits per heavy atom. The summed E-state index contributed by atoms with van der Waals surface area (Å²) in [4.78, 5) is 0. The van der Waals surface area contributed by atoms with E-state index in [1.165, 1.54) is 25.7 Å². The van der Waals surface area contributed by atoms with Crippen LogP contribution in [-0.4, -0.2) is 25.7 Å². The van der Waals surface area contributed by atoms with E-state index in [-0.39, 0.29) is 0 Å². The first-order valence-electron chi connectivity index (χ1n) is 7.63. The van der Waals surface area contributed by atoms with Gasteiger partial charge in [0, 0.05) is 22.6 Å². The van der Waals surface area contributed by atoms with Crippen molar-refractivity contribution in [1.82, 2.24) is 5.32 Å². The van der Waals surface area contributed by atoms with Crippen LogP contribution in [0.4, 0.5) is 5.69 Å². The van der Waals surface area contributed by atoms with E-state index in [9.17, 15) is 0 Å². The van der Waals surface area contributed by atoms with E-state index >= 15 is 0 Å². The molecule has 0 radical (unpaired) electrons. The van der Waals surface area contributed by atoms with Crippen molar-refractivity contribution in [3.63, 3.8) is 0 Å². The van der Waals surface area contributed by atoms with E-state index in [4.69, 9.17) is 4.74 Å². The second-order valence-corrected chi connectivity index (χ2v) is 7.46. The monoisotopic (exact) mass is 418 g/mol. The van der Waals surface area contributed by atoms with Crippen molar-refractivity contribution in [3.8, 4) is 5.75 Å². The highest BCUT2D eigenvalue weighted by molar-refractivity contribution is 9.11. The number of ether oxygens (including phenoxy) is 1.